The summed E-state index contributed by atoms with van der Waals surface area (Å²) in [5, 5.41) is 2.98. The molecule has 0 radical (unpaired) electrons. The minimum atomic E-state index is -0.542. The molecule has 0 saturated heterocycles. The second-order valence-corrected chi connectivity index (χ2v) is 3.90. The first-order chi connectivity index (χ1) is 7.13. The molecule has 3 heteroatoms. The summed E-state index contributed by atoms with van der Waals surface area (Å²) in [6.07, 6.45) is 2.23. The summed E-state index contributed by atoms with van der Waals surface area (Å²) in [7, 11) is 0. The van der Waals surface area contributed by atoms with Crippen LogP contribution in [0.5, 0.6) is 0 Å². The van der Waals surface area contributed by atoms with Crippen LogP contribution in [0.3, 0.4) is 0 Å². The molecule has 1 N–H and O–H groups in total. The highest BCUT2D eigenvalue weighted by atomic mass is 19.1. The lowest BCUT2D eigenvalue weighted by molar-refractivity contribution is 0.545. The molecular weight excluding hydrogens is 196 g/mol. The van der Waals surface area contributed by atoms with E-state index in [9.17, 15) is 8.78 Å². The van der Waals surface area contributed by atoms with Crippen LogP contribution in [0.25, 0.3) is 0 Å². The van der Waals surface area contributed by atoms with Crippen LogP contribution < -0.4 is 5.32 Å². The first kappa shape index (κ1) is 12.0. The van der Waals surface area contributed by atoms with E-state index in [0.29, 0.717) is 11.6 Å². The van der Waals surface area contributed by atoms with E-state index in [1.807, 2.05) is 0 Å². The zero-order valence-electron chi connectivity index (χ0n) is 9.19. The maximum Gasteiger partial charge on any atom is 0.149 e. The Kier molecular flexibility index (Phi) is 4.53. The predicted octanol–water partition coefficient (Wildman–Crippen LogP) is 3.81. The quantitative estimate of drug-likeness (QED) is 0.784. The predicted molar refractivity (Wildman–Crippen MR) is 58.9 cm³/mol. The molecule has 1 aromatic rings. The molecule has 1 unspecified atom stereocenters. The van der Waals surface area contributed by atoms with Gasteiger partial charge in [-0.1, -0.05) is 20.3 Å². The molecule has 0 fully saturated rings. The zero-order chi connectivity index (χ0) is 11.3. The fraction of sp³-hybridized carbons (Fsp3) is 0.500. The first-order valence-corrected chi connectivity index (χ1v) is 5.32. The van der Waals surface area contributed by atoms with Gasteiger partial charge in [0.2, 0.25) is 0 Å². The lowest BCUT2D eigenvalue weighted by Crippen LogP contribution is -2.11. The standard InChI is InChI=1S/C12H17F2N/c1-3-4-9(2)8-15-12-6-5-10(13)7-11(12)14/h5-7,9,15H,3-4,8H2,1-2H3. The summed E-state index contributed by atoms with van der Waals surface area (Å²) in [5.41, 5.74) is 0.374. The van der Waals surface area contributed by atoms with Gasteiger partial charge in [0.15, 0.2) is 0 Å². The van der Waals surface area contributed by atoms with Crippen LogP contribution in [0.1, 0.15) is 26.7 Å². The Morgan fingerprint density at radius 3 is 2.67 bits per heavy atom. The molecule has 1 rings (SSSR count). The average Bonchev–Trinajstić information content (AvgIpc) is 2.17. The number of benzene rings is 1. The fourth-order valence-electron chi connectivity index (χ4n) is 1.51. The lowest BCUT2D eigenvalue weighted by atomic mass is 10.1. The molecule has 0 saturated carbocycles. The van der Waals surface area contributed by atoms with Crippen molar-refractivity contribution in [1.82, 2.24) is 0 Å². The summed E-state index contributed by atoms with van der Waals surface area (Å²) in [6, 6.07) is 3.59. The molecule has 0 aliphatic carbocycles. The van der Waals surface area contributed by atoms with Gasteiger partial charge in [-0.2, -0.15) is 0 Å². The van der Waals surface area contributed by atoms with Crippen LogP contribution in [0.4, 0.5) is 14.5 Å². The van der Waals surface area contributed by atoms with Crippen LogP contribution in [0.15, 0.2) is 18.2 Å². The van der Waals surface area contributed by atoms with Gasteiger partial charge in [0, 0.05) is 12.6 Å². The molecule has 0 heterocycles. The van der Waals surface area contributed by atoms with Crippen LogP contribution in [0, 0.1) is 17.6 Å². The number of rotatable bonds is 5. The number of hydrogen-bond donors (Lipinski definition) is 1. The van der Waals surface area contributed by atoms with Gasteiger partial charge in [0.1, 0.15) is 11.6 Å². The third-order valence-electron chi connectivity index (χ3n) is 2.35. The van der Waals surface area contributed by atoms with Crippen molar-refractivity contribution in [1.29, 1.82) is 0 Å². The van der Waals surface area contributed by atoms with Gasteiger partial charge in [-0.3, -0.25) is 0 Å². The number of hydrogen-bond acceptors (Lipinski definition) is 1. The third-order valence-corrected chi connectivity index (χ3v) is 2.35. The molecule has 0 amide bonds. The molecule has 0 aromatic heterocycles. The summed E-state index contributed by atoms with van der Waals surface area (Å²) in [5.74, 6) is -0.571. The summed E-state index contributed by atoms with van der Waals surface area (Å²) < 4.78 is 25.8. The van der Waals surface area contributed by atoms with Crippen molar-refractivity contribution in [3.8, 4) is 0 Å². The summed E-state index contributed by atoms with van der Waals surface area (Å²) >= 11 is 0. The topological polar surface area (TPSA) is 12.0 Å². The summed E-state index contributed by atoms with van der Waals surface area (Å²) in [6.45, 7) is 4.95. The highest BCUT2D eigenvalue weighted by molar-refractivity contribution is 5.44. The summed E-state index contributed by atoms with van der Waals surface area (Å²) in [4.78, 5) is 0. The smallest absolute Gasteiger partial charge is 0.149 e. The Hall–Kier alpha value is -1.12. The van der Waals surface area contributed by atoms with Crippen molar-refractivity contribution in [3.05, 3.63) is 29.8 Å². The second kappa shape index (κ2) is 5.69. The highest BCUT2D eigenvalue weighted by Crippen LogP contribution is 2.16. The van der Waals surface area contributed by atoms with Crippen LogP contribution in [-0.4, -0.2) is 6.54 Å². The molecule has 15 heavy (non-hydrogen) atoms. The van der Waals surface area contributed by atoms with Crippen LogP contribution in [-0.2, 0) is 0 Å². The minimum absolute atomic E-state index is 0.374. The molecule has 0 spiro atoms. The van der Waals surface area contributed by atoms with Gasteiger partial charge in [-0.15, -0.1) is 0 Å². The van der Waals surface area contributed by atoms with Crippen molar-refractivity contribution >= 4 is 5.69 Å². The van der Waals surface area contributed by atoms with E-state index in [2.05, 4.69) is 19.2 Å². The van der Waals surface area contributed by atoms with Gasteiger partial charge in [0.25, 0.3) is 0 Å². The van der Waals surface area contributed by atoms with Crippen molar-refractivity contribution in [2.45, 2.75) is 26.7 Å². The molecule has 0 aliphatic rings. The van der Waals surface area contributed by atoms with E-state index in [1.165, 1.54) is 12.1 Å². The number of halogens is 2. The Morgan fingerprint density at radius 1 is 1.33 bits per heavy atom. The van der Waals surface area contributed by atoms with E-state index < -0.39 is 11.6 Å². The van der Waals surface area contributed by atoms with Gasteiger partial charge in [0.05, 0.1) is 5.69 Å². The monoisotopic (exact) mass is 213 g/mol. The van der Waals surface area contributed by atoms with Crippen LogP contribution in [0.2, 0.25) is 0 Å². The minimum Gasteiger partial charge on any atom is -0.382 e. The average molecular weight is 213 g/mol. The molecule has 0 aliphatic heterocycles. The number of anilines is 1. The molecule has 1 aromatic carbocycles. The third kappa shape index (κ3) is 3.86. The van der Waals surface area contributed by atoms with Crippen LogP contribution >= 0.6 is 0 Å². The normalized spacial score (nSPS) is 12.5. The first-order valence-electron chi connectivity index (χ1n) is 5.32. The van der Waals surface area contributed by atoms with Crippen molar-refractivity contribution < 1.29 is 8.78 Å². The van der Waals surface area contributed by atoms with Gasteiger partial charge >= 0.3 is 0 Å². The second-order valence-electron chi connectivity index (χ2n) is 3.90. The van der Waals surface area contributed by atoms with Gasteiger partial charge in [-0.25, -0.2) is 8.78 Å². The fourth-order valence-corrected chi connectivity index (χ4v) is 1.51. The van der Waals surface area contributed by atoms with Gasteiger partial charge in [-0.05, 0) is 24.5 Å². The molecular formula is C12H17F2N. The molecule has 1 nitrogen and oxygen atoms in total. The Bertz CT molecular complexity index is 312. The highest BCUT2D eigenvalue weighted by Gasteiger charge is 2.05. The Morgan fingerprint density at radius 2 is 2.07 bits per heavy atom. The van der Waals surface area contributed by atoms with E-state index in [-0.39, 0.29) is 0 Å². The van der Waals surface area contributed by atoms with E-state index >= 15 is 0 Å². The van der Waals surface area contributed by atoms with E-state index in [1.54, 1.807) is 0 Å². The molecule has 0 bridgehead atoms. The molecule has 84 valence electrons. The SMILES string of the molecule is CCCC(C)CNc1ccc(F)cc1F. The maximum absolute atomic E-state index is 13.2. The van der Waals surface area contributed by atoms with E-state index in [0.717, 1.165) is 25.5 Å². The largest absolute Gasteiger partial charge is 0.382 e. The van der Waals surface area contributed by atoms with Gasteiger partial charge < -0.3 is 5.32 Å². The lowest BCUT2D eigenvalue weighted by Gasteiger charge is -2.12. The zero-order valence-corrected chi connectivity index (χ0v) is 9.19. The number of nitrogens with one attached hydrogen (secondary N) is 1. The van der Waals surface area contributed by atoms with Crippen molar-refractivity contribution in [2.24, 2.45) is 5.92 Å². The molecule has 1 atom stereocenters. The Balaban J connectivity index is 2.50. The Labute approximate surface area is 89.5 Å². The maximum atomic E-state index is 13.2. The van der Waals surface area contributed by atoms with Crippen molar-refractivity contribution in [3.63, 3.8) is 0 Å². The van der Waals surface area contributed by atoms with Crippen molar-refractivity contribution in [2.75, 3.05) is 11.9 Å². The van der Waals surface area contributed by atoms with E-state index in [4.69, 9.17) is 0 Å².